The van der Waals surface area contributed by atoms with Gasteiger partial charge in [0, 0.05) is 5.75 Å². The molecule has 2 aromatic rings. The predicted octanol–water partition coefficient (Wildman–Crippen LogP) is 2.94. The summed E-state index contributed by atoms with van der Waals surface area (Å²) in [7, 11) is 0. The van der Waals surface area contributed by atoms with Gasteiger partial charge in [0.05, 0.1) is 26.1 Å². The van der Waals surface area contributed by atoms with Gasteiger partial charge in [-0.25, -0.2) is 19.4 Å². The molecule has 2 N–H and O–H groups in total. The smallest absolute Gasteiger partial charge is 0.327 e. The van der Waals surface area contributed by atoms with Gasteiger partial charge in [-0.05, 0) is 34.6 Å². The molecule has 0 spiro atoms. The van der Waals surface area contributed by atoms with Crippen molar-refractivity contribution >= 4 is 35.2 Å². The number of carbonyl (C=O) groups excluding carboxylic acids is 1. The summed E-state index contributed by atoms with van der Waals surface area (Å²) in [4.78, 5) is 24.8. The van der Waals surface area contributed by atoms with Crippen molar-refractivity contribution < 1.29 is 37.6 Å². The van der Waals surface area contributed by atoms with Gasteiger partial charge in [-0.2, -0.15) is 4.98 Å². The SMILES string of the molecule is CCOC(=O)C(C)NP(=O)(OC[C@H]1O[C@@H](n2cnc3c(OCC)nc(C)nc32)[C@](C)(F)[C@@H]1O)SCC. The van der Waals surface area contributed by atoms with Gasteiger partial charge in [0.2, 0.25) is 5.88 Å². The first-order chi connectivity index (χ1) is 17.0. The van der Waals surface area contributed by atoms with Crippen LogP contribution in [0.15, 0.2) is 6.33 Å². The van der Waals surface area contributed by atoms with Gasteiger partial charge in [-0.3, -0.25) is 13.9 Å². The van der Waals surface area contributed by atoms with Crippen molar-refractivity contribution in [2.45, 2.75) is 71.7 Å². The van der Waals surface area contributed by atoms with E-state index in [0.717, 1.165) is 11.4 Å². The molecule has 2 aromatic heterocycles. The molecule has 12 nitrogen and oxygen atoms in total. The summed E-state index contributed by atoms with van der Waals surface area (Å²) < 4.78 is 52.5. The van der Waals surface area contributed by atoms with E-state index in [1.165, 1.54) is 24.7 Å². The number of carbonyl (C=O) groups is 1. The van der Waals surface area contributed by atoms with Crippen LogP contribution in [-0.4, -0.2) is 80.1 Å². The number of aryl methyl sites for hydroxylation is 1. The predicted molar refractivity (Wildman–Crippen MR) is 132 cm³/mol. The molecule has 3 rings (SSSR count). The first kappa shape index (κ1) is 28.7. The standard InChI is InChI=1S/C21H33FN5O7PS/c1-7-31-18-15-17(24-13(5)25-18)27(11-23-15)20-21(6,22)16(28)14(34-20)10-33-35(30,36-9-3)26-12(4)19(29)32-8-2/h11-12,14,16,20,28H,7-10H2,1-6H3,(H,26,30)/t12?,14-,16-,20-,21-,35?/m1/s1. The number of fused-ring (bicyclic) bond motifs is 1. The fraction of sp³-hybridized carbons (Fsp3) is 0.714. The number of ether oxygens (including phenoxy) is 3. The number of rotatable bonds is 12. The number of nitrogens with zero attached hydrogens (tertiary/aromatic N) is 4. The topological polar surface area (TPSA) is 147 Å². The average Bonchev–Trinajstić information content (AvgIpc) is 3.31. The molecule has 0 aromatic carbocycles. The summed E-state index contributed by atoms with van der Waals surface area (Å²) >= 11 is 0.973. The normalized spacial score (nSPS) is 26.6. The summed E-state index contributed by atoms with van der Waals surface area (Å²) in [6, 6.07) is -0.900. The van der Waals surface area contributed by atoms with Crippen LogP contribution in [0.3, 0.4) is 0 Å². The van der Waals surface area contributed by atoms with Crippen LogP contribution in [0.25, 0.3) is 11.2 Å². The third-order valence-electron chi connectivity index (χ3n) is 5.45. The van der Waals surface area contributed by atoms with E-state index in [0.29, 0.717) is 23.7 Å². The Morgan fingerprint density at radius 2 is 2.11 bits per heavy atom. The molecule has 3 heterocycles. The lowest BCUT2D eigenvalue weighted by Crippen LogP contribution is -2.41. The van der Waals surface area contributed by atoms with E-state index in [9.17, 15) is 14.5 Å². The molecule has 6 atom stereocenters. The number of imidazole rings is 1. The summed E-state index contributed by atoms with van der Waals surface area (Å²) in [5.41, 5.74) is -1.65. The van der Waals surface area contributed by atoms with Crippen molar-refractivity contribution in [2.24, 2.45) is 0 Å². The minimum atomic E-state index is -3.62. The molecule has 0 radical (unpaired) electrons. The Morgan fingerprint density at radius 1 is 1.39 bits per heavy atom. The maximum atomic E-state index is 15.8. The molecule has 0 bridgehead atoms. The third-order valence-corrected chi connectivity index (χ3v) is 9.67. The van der Waals surface area contributed by atoms with Crippen LogP contribution < -0.4 is 9.82 Å². The number of aliphatic hydroxyl groups excluding tert-OH is 1. The van der Waals surface area contributed by atoms with E-state index in [-0.39, 0.29) is 18.1 Å². The summed E-state index contributed by atoms with van der Waals surface area (Å²) in [6.45, 7) is 6.14. The second kappa shape index (κ2) is 11.7. The summed E-state index contributed by atoms with van der Waals surface area (Å²) in [6.07, 6.45) is -2.74. The van der Waals surface area contributed by atoms with Gasteiger partial charge in [-0.1, -0.05) is 18.3 Å². The molecule has 2 unspecified atom stereocenters. The quantitative estimate of drug-likeness (QED) is 0.296. The molecule has 202 valence electrons. The largest absolute Gasteiger partial charge is 0.476 e. The lowest BCUT2D eigenvalue weighted by molar-refractivity contribution is -0.144. The molecule has 36 heavy (non-hydrogen) atoms. The van der Waals surface area contributed by atoms with Crippen LogP contribution in [0, 0.1) is 6.92 Å². The molecular weight excluding hydrogens is 516 g/mol. The van der Waals surface area contributed by atoms with E-state index in [1.807, 2.05) is 0 Å². The maximum absolute atomic E-state index is 15.8. The average molecular weight is 550 g/mol. The van der Waals surface area contributed by atoms with Gasteiger partial charge in [0.15, 0.2) is 23.1 Å². The maximum Gasteiger partial charge on any atom is 0.327 e. The molecule has 0 aliphatic carbocycles. The van der Waals surface area contributed by atoms with Crippen LogP contribution >= 0.6 is 18.1 Å². The number of aliphatic hydroxyl groups is 1. The van der Waals surface area contributed by atoms with E-state index in [1.54, 1.807) is 27.7 Å². The minimum Gasteiger partial charge on any atom is -0.476 e. The first-order valence-electron chi connectivity index (χ1n) is 11.7. The Labute approximate surface area is 212 Å². The molecule has 1 fully saturated rings. The molecular formula is C21H33FN5O7PS. The number of hydrogen-bond donors (Lipinski definition) is 2. The summed E-state index contributed by atoms with van der Waals surface area (Å²) in [5, 5.41) is 13.4. The number of hydrogen-bond acceptors (Lipinski definition) is 11. The monoisotopic (exact) mass is 549 g/mol. The number of aromatic nitrogens is 4. The lowest BCUT2D eigenvalue weighted by atomic mass is 9.98. The van der Waals surface area contributed by atoms with Crippen molar-refractivity contribution in [3.8, 4) is 5.88 Å². The highest BCUT2D eigenvalue weighted by Gasteiger charge is 2.56. The van der Waals surface area contributed by atoms with Crippen LogP contribution in [-0.2, 0) is 23.4 Å². The third kappa shape index (κ3) is 6.00. The number of alkyl halides is 1. The van der Waals surface area contributed by atoms with Crippen molar-refractivity contribution in [3.05, 3.63) is 12.2 Å². The number of nitrogens with one attached hydrogen (secondary N) is 1. The van der Waals surface area contributed by atoms with E-state index >= 15 is 4.39 Å². The lowest BCUT2D eigenvalue weighted by Gasteiger charge is -2.25. The van der Waals surface area contributed by atoms with Gasteiger partial charge in [0.1, 0.15) is 24.1 Å². The molecule has 0 amide bonds. The van der Waals surface area contributed by atoms with Crippen LogP contribution in [0.4, 0.5) is 4.39 Å². The summed E-state index contributed by atoms with van der Waals surface area (Å²) in [5.74, 6) is 0.491. The van der Waals surface area contributed by atoms with Crippen molar-refractivity contribution in [1.29, 1.82) is 0 Å². The van der Waals surface area contributed by atoms with Crippen molar-refractivity contribution in [3.63, 3.8) is 0 Å². The van der Waals surface area contributed by atoms with Gasteiger partial charge in [-0.15, -0.1) is 0 Å². The Kier molecular flexibility index (Phi) is 9.34. The molecule has 1 aliphatic rings. The van der Waals surface area contributed by atoms with Gasteiger partial charge in [0.25, 0.3) is 0 Å². The van der Waals surface area contributed by atoms with Gasteiger partial charge >= 0.3 is 12.7 Å². The second-order valence-corrected chi connectivity index (χ2v) is 12.8. The highest BCUT2D eigenvalue weighted by atomic mass is 32.7. The molecule has 15 heteroatoms. The molecule has 1 saturated heterocycles. The first-order valence-corrected chi connectivity index (χ1v) is 14.9. The van der Waals surface area contributed by atoms with Crippen LogP contribution in [0.1, 0.15) is 46.7 Å². The Hall–Kier alpha value is -1.83. The molecule has 0 saturated carbocycles. The van der Waals surface area contributed by atoms with E-state index in [2.05, 4.69) is 20.0 Å². The van der Waals surface area contributed by atoms with E-state index in [4.69, 9.17) is 18.7 Å². The molecule has 1 aliphatic heterocycles. The highest BCUT2D eigenvalue weighted by Crippen LogP contribution is 2.57. The van der Waals surface area contributed by atoms with Gasteiger partial charge < -0.3 is 23.8 Å². The van der Waals surface area contributed by atoms with Crippen LogP contribution in [0.5, 0.6) is 5.88 Å². The Bertz CT molecular complexity index is 1120. The highest BCUT2D eigenvalue weighted by molar-refractivity contribution is 8.56. The second-order valence-electron chi connectivity index (χ2n) is 8.27. The van der Waals surface area contributed by atoms with Crippen molar-refractivity contribution in [2.75, 3.05) is 25.6 Å². The zero-order chi connectivity index (χ0) is 26.7. The minimum absolute atomic E-state index is 0.176. The van der Waals surface area contributed by atoms with E-state index < -0.39 is 49.4 Å². The van der Waals surface area contributed by atoms with Crippen molar-refractivity contribution in [1.82, 2.24) is 24.6 Å². The number of esters is 1. The zero-order valence-electron chi connectivity index (χ0n) is 21.1. The van der Waals surface area contributed by atoms with Crippen LogP contribution in [0.2, 0.25) is 0 Å². The Balaban J connectivity index is 1.81. The number of halogens is 1. The zero-order valence-corrected chi connectivity index (χ0v) is 22.8. The Morgan fingerprint density at radius 3 is 2.75 bits per heavy atom. The fourth-order valence-electron chi connectivity index (χ4n) is 3.76. The fourth-order valence-corrected chi connectivity index (χ4v) is 7.37.